The number of halogens is 1. The van der Waals surface area contributed by atoms with Gasteiger partial charge in [0.25, 0.3) is 5.56 Å². The van der Waals surface area contributed by atoms with Gasteiger partial charge >= 0.3 is 5.63 Å². The molecule has 24 heavy (non-hydrogen) atoms. The average Bonchev–Trinajstić information content (AvgIpc) is 2.52. The van der Waals surface area contributed by atoms with Crippen LogP contribution in [0.1, 0.15) is 26.5 Å². The first-order valence-electron chi connectivity index (χ1n) is 7.39. The van der Waals surface area contributed by atoms with E-state index in [4.69, 9.17) is 4.42 Å². The van der Waals surface area contributed by atoms with E-state index in [1.165, 1.54) is 0 Å². The Labute approximate surface area is 151 Å². The highest BCUT2D eigenvalue weighted by atomic mass is 127. The second-order valence-corrected chi connectivity index (χ2v) is 7.63. The maximum absolute atomic E-state index is 13.1. The topological polar surface area (TPSA) is 72.4 Å². The number of aromatic nitrogens is 1. The first-order chi connectivity index (χ1) is 11.2. The molecule has 124 valence electrons. The van der Waals surface area contributed by atoms with Gasteiger partial charge in [-0.05, 0) is 34.7 Å². The van der Waals surface area contributed by atoms with E-state index >= 15 is 0 Å². The maximum atomic E-state index is 13.1. The fourth-order valence-electron chi connectivity index (χ4n) is 2.62. The van der Waals surface area contributed by atoms with Gasteiger partial charge in [0.05, 0.1) is 0 Å². The van der Waals surface area contributed by atoms with E-state index in [9.17, 15) is 14.7 Å². The van der Waals surface area contributed by atoms with Crippen molar-refractivity contribution in [3.8, 4) is 11.4 Å². The van der Waals surface area contributed by atoms with Crippen LogP contribution >= 0.6 is 22.6 Å². The molecule has 2 aromatic heterocycles. The van der Waals surface area contributed by atoms with Crippen LogP contribution in [0.3, 0.4) is 0 Å². The van der Waals surface area contributed by atoms with E-state index in [-0.39, 0.29) is 25.7 Å². The lowest BCUT2D eigenvalue weighted by atomic mass is 9.90. The van der Waals surface area contributed by atoms with Crippen LogP contribution in [0.5, 0.6) is 5.75 Å². The summed E-state index contributed by atoms with van der Waals surface area (Å²) in [6.45, 7) is 5.91. The number of fused-ring (bicyclic) bond motifs is 1. The summed E-state index contributed by atoms with van der Waals surface area (Å²) in [6, 6.07) is 10.8. The van der Waals surface area contributed by atoms with Crippen LogP contribution in [0.2, 0.25) is 0 Å². The van der Waals surface area contributed by atoms with Crippen molar-refractivity contribution in [3.63, 3.8) is 0 Å². The quantitative estimate of drug-likeness (QED) is 0.592. The average molecular weight is 437 g/mol. The molecule has 0 fully saturated rings. The minimum Gasteiger partial charge on any atom is -0.506 e. The molecule has 0 saturated carbocycles. The first kappa shape index (κ1) is 16.8. The summed E-state index contributed by atoms with van der Waals surface area (Å²) in [6.07, 6.45) is 0. The standard InChI is InChI=1S/C18H16INO4/c1-18(2,3)12-9-11-13(15(21)14(19)17(23)24-11)16(22)20(12)10-7-5-4-6-8-10/h4-9,21H,1-3H3. The Bertz CT molecular complexity index is 1040. The van der Waals surface area contributed by atoms with E-state index in [1.807, 2.05) is 51.1 Å². The maximum Gasteiger partial charge on any atom is 0.353 e. The molecule has 0 aliphatic rings. The van der Waals surface area contributed by atoms with Gasteiger partial charge < -0.3 is 9.52 Å². The van der Waals surface area contributed by atoms with Gasteiger partial charge in [0.2, 0.25) is 0 Å². The Hall–Kier alpha value is -2.09. The molecule has 6 heteroatoms. The van der Waals surface area contributed by atoms with Gasteiger partial charge in [-0.1, -0.05) is 39.0 Å². The normalized spacial score (nSPS) is 11.8. The van der Waals surface area contributed by atoms with Gasteiger partial charge in [0, 0.05) is 22.9 Å². The molecule has 0 atom stereocenters. The highest BCUT2D eigenvalue weighted by Crippen LogP contribution is 2.30. The molecule has 0 bridgehead atoms. The Morgan fingerprint density at radius 1 is 1.12 bits per heavy atom. The number of para-hydroxylation sites is 1. The highest BCUT2D eigenvalue weighted by Gasteiger charge is 2.25. The smallest absolute Gasteiger partial charge is 0.353 e. The molecule has 0 amide bonds. The van der Waals surface area contributed by atoms with Crippen molar-refractivity contribution in [2.75, 3.05) is 0 Å². The van der Waals surface area contributed by atoms with E-state index < -0.39 is 11.2 Å². The Morgan fingerprint density at radius 2 is 1.75 bits per heavy atom. The third-order valence-electron chi connectivity index (χ3n) is 3.78. The largest absolute Gasteiger partial charge is 0.506 e. The summed E-state index contributed by atoms with van der Waals surface area (Å²) in [5.74, 6) is -0.336. The van der Waals surface area contributed by atoms with Crippen molar-refractivity contribution in [3.05, 3.63) is 66.4 Å². The molecule has 0 unspecified atom stereocenters. The van der Waals surface area contributed by atoms with Gasteiger partial charge in [0.1, 0.15) is 14.5 Å². The molecule has 5 nitrogen and oxygen atoms in total. The van der Waals surface area contributed by atoms with E-state index in [0.717, 1.165) is 0 Å². The lowest BCUT2D eigenvalue weighted by Crippen LogP contribution is -2.29. The summed E-state index contributed by atoms with van der Waals surface area (Å²) in [7, 11) is 0. The van der Waals surface area contributed by atoms with E-state index in [1.54, 1.807) is 33.2 Å². The molecule has 1 N–H and O–H groups in total. The van der Waals surface area contributed by atoms with Crippen molar-refractivity contribution in [2.24, 2.45) is 0 Å². The number of nitrogens with zero attached hydrogens (tertiary/aromatic N) is 1. The third-order valence-corrected chi connectivity index (χ3v) is 4.73. The van der Waals surface area contributed by atoms with Crippen LogP contribution in [0.25, 0.3) is 16.7 Å². The number of rotatable bonds is 1. The molecule has 0 aliphatic heterocycles. The molecule has 0 saturated heterocycles. The molecule has 3 rings (SSSR count). The second-order valence-electron chi connectivity index (χ2n) is 6.55. The SMILES string of the molecule is CC(C)(C)c1cc2oc(=O)c(I)c(O)c2c(=O)n1-c1ccccc1. The zero-order valence-electron chi connectivity index (χ0n) is 13.5. The zero-order valence-corrected chi connectivity index (χ0v) is 15.6. The summed E-state index contributed by atoms with van der Waals surface area (Å²) in [5, 5.41) is 10.3. The van der Waals surface area contributed by atoms with Gasteiger partial charge in [-0.2, -0.15) is 0 Å². The number of hydrogen-bond acceptors (Lipinski definition) is 4. The molecule has 2 heterocycles. The molecule has 0 radical (unpaired) electrons. The molecular formula is C18H16INO4. The van der Waals surface area contributed by atoms with Crippen LogP contribution in [0, 0.1) is 3.57 Å². The molecular weight excluding hydrogens is 421 g/mol. The van der Waals surface area contributed by atoms with E-state index in [2.05, 4.69) is 0 Å². The zero-order chi connectivity index (χ0) is 17.6. The summed E-state index contributed by atoms with van der Waals surface area (Å²) >= 11 is 1.68. The lowest BCUT2D eigenvalue weighted by molar-refractivity contribution is 0.459. The first-order valence-corrected chi connectivity index (χ1v) is 8.47. The van der Waals surface area contributed by atoms with Gasteiger partial charge in [-0.3, -0.25) is 9.36 Å². The Balaban J connectivity index is 2.57. The van der Waals surface area contributed by atoms with Gasteiger partial charge in [0.15, 0.2) is 5.75 Å². The van der Waals surface area contributed by atoms with Crippen LogP contribution < -0.4 is 11.2 Å². The Morgan fingerprint density at radius 3 is 2.33 bits per heavy atom. The summed E-state index contributed by atoms with van der Waals surface area (Å²) in [5.41, 5.74) is 0.0328. The minimum atomic E-state index is -0.655. The predicted octanol–water partition coefficient (Wildman–Crippen LogP) is 3.55. The summed E-state index contributed by atoms with van der Waals surface area (Å²) < 4.78 is 6.80. The van der Waals surface area contributed by atoms with Crippen molar-refractivity contribution >= 4 is 33.6 Å². The fraction of sp³-hybridized carbons (Fsp3) is 0.222. The van der Waals surface area contributed by atoms with Crippen LogP contribution in [-0.2, 0) is 5.41 Å². The lowest BCUT2D eigenvalue weighted by Gasteiger charge is -2.24. The van der Waals surface area contributed by atoms with Crippen molar-refractivity contribution < 1.29 is 9.52 Å². The highest BCUT2D eigenvalue weighted by molar-refractivity contribution is 14.1. The van der Waals surface area contributed by atoms with Crippen molar-refractivity contribution in [1.82, 2.24) is 4.57 Å². The van der Waals surface area contributed by atoms with Crippen LogP contribution in [0.4, 0.5) is 0 Å². The fourth-order valence-corrected chi connectivity index (χ4v) is 3.00. The van der Waals surface area contributed by atoms with E-state index in [0.29, 0.717) is 11.4 Å². The molecule has 0 aliphatic carbocycles. The molecule has 0 spiro atoms. The second kappa shape index (κ2) is 5.77. The monoisotopic (exact) mass is 437 g/mol. The number of hydrogen-bond donors (Lipinski definition) is 1. The summed E-state index contributed by atoms with van der Waals surface area (Å²) in [4.78, 5) is 25.0. The Kier molecular flexibility index (Phi) is 4.03. The number of aromatic hydroxyl groups is 1. The van der Waals surface area contributed by atoms with Gasteiger partial charge in [-0.25, -0.2) is 4.79 Å². The minimum absolute atomic E-state index is 0.000297. The van der Waals surface area contributed by atoms with Gasteiger partial charge in [-0.15, -0.1) is 0 Å². The molecule has 1 aromatic carbocycles. The van der Waals surface area contributed by atoms with Crippen molar-refractivity contribution in [1.29, 1.82) is 0 Å². The molecule has 3 aromatic rings. The van der Waals surface area contributed by atoms with Crippen molar-refractivity contribution in [2.45, 2.75) is 26.2 Å². The third kappa shape index (κ3) is 2.64. The predicted molar refractivity (Wildman–Crippen MR) is 101 cm³/mol. The van der Waals surface area contributed by atoms with Crippen LogP contribution in [-0.4, -0.2) is 9.67 Å². The van der Waals surface area contributed by atoms with Crippen LogP contribution in [0.15, 0.2) is 50.4 Å². The number of pyridine rings is 1. The number of benzene rings is 1.